The number of halogens is 1. The van der Waals surface area contributed by atoms with Crippen molar-refractivity contribution in [1.82, 2.24) is 10.4 Å². The Morgan fingerprint density at radius 2 is 2.11 bits per heavy atom. The Kier molecular flexibility index (Phi) is 5.91. The van der Waals surface area contributed by atoms with Crippen molar-refractivity contribution >= 4 is 22.9 Å². The van der Waals surface area contributed by atoms with E-state index in [1.165, 1.54) is 11.6 Å². The summed E-state index contributed by atoms with van der Waals surface area (Å²) in [6.45, 7) is 1.55. The third-order valence-corrected chi connectivity index (χ3v) is 7.84. The van der Waals surface area contributed by atoms with Crippen molar-refractivity contribution in [2.75, 3.05) is 25.2 Å². The number of rotatable bonds is 6. The van der Waals surface area contributed by atoms with Crippen LogP contribution in [0.1, 0.15) is 41.0 Å². The monoisotopic (exact) mass is 494 g/mol. The molecule has 0 bridgehead atoms. The van der Waals surface area contributed by atoms with E-state index in [0.29, 0.717) is 38.4 Å². The van der Waals surface area contributed by atoms with Crippen molar-refractivity contribution in [3.05, 3.63) is 75.5 Å². The van der Waals surface area contributed by atoms with Crippen LogP contribution in [0.25, 0.3) is 0 Å². The van der Waals surface area contributed by atoms with Gasteiger partial charge in [0.05, 0.1) is 5.60 Å². The highest BCUT2D eigenvalue weighted by Gasteiger charge is 2.36. The van der Waals surface area contributed by atoms with Crippen molar-refractivity contribution < 1.29 is 18.6 Å². The van der Waals surface area contributed by atoms with Gasteiger partial charge in [0.25, 0.3) is 0 Å². The minimum absolute atomic E-state index is 0.146. The lowest BCUT2D eigenvalue weighted by atomic mass is 9.86. The molecule has 1 unspecified atom stereocenters. The topological polar surface area (TPSA) is 68.2 Å². The molecule has 0 spiro atoms. The number of hydrogen-bond donors (Lipinski definition) is 1. The summed E-state index contributed by atoms with van der Waals surface area (Å²) < 4.78 is 31.9. The van der Waals surface area contributed by atoms with E-state index in [-0.39, 0.29) is 12.0 Å². The van der Waals surface area contributed by atoms with Gasteiger partial charge in [0, 0.05) is 56.5 Å². The van der Waals surface area contributed by atoms with Crippen molar-refractivity contribution in [2.24, 2.45) is 5.10 Å². The van der Waals surface area contributed by atoms with Crippen LogP contribution in [0.2, 0.25) is 0 Å². The van der Waals surface area contributed by atoms with Crippen molar-refractivity contribution in [1.29, 1.82) is 0 Å². The van der Waals surface area contributed by atoms with Crippen LogP contribution in [0.5, 0.6) is 5.75 Å². The Morgan fingerprint density at radius 1 is 1.23 bits per heavy atom. The maximum atomic E-state index is 14.5. The smallest absolute Gasteiger partial charge is 0.191 e. The molecule has 1 saturated heterocycles. The molecule has 3 aliphatic heterocycles. The standard InChI is InChI=1S/C26H27FN4O3S/c1-32-26(6-9-33-10-7-26)19-13-20(27)15-21(14-19)34-16-17-2-4-22-18(12-17)3-5-23-29-30-24(31(22)23)25-28-8-11-35-25/h2,4,8,11-15,23,29H,3,5-7,9-10,16H2,1H3. The molecule has 1 N–H and O–H groups in total. The number of ether oxygens (including phenoxy) is 3. The fraction of sp³-hybridized carbons (Fsp3) is 0.385. The molecular weight excluding hydrogens is 467 g/mol. The van der Waals surface area contributed by atoms with Crippen LogP contribution in [0, 0.1) is 5.82 Å². The van der Waals surface area contributed by atoms with Crippen molar-refractivity contribution in [3.8, 4) is 5.75 Å². The van der Waals surface area contributed by atoms with E-state index in [1.807, 2.05) is 11.4 Å². The molecule has 4 heterocycles. The van der Waals surface area contributed by atoms with Gasteiger partial charge in [-0.2, -0.15) is 5.10 Å². The third-order valence-electron chi connectivity index (χ3n) is 7.07. The zero-order valence-corrected chi connectivity index (χ0v) is 20.3. The highest BCUT2D eigenvalue weighted by Crippen LogP contribution is 2.38. The molecule has 6 rings (SSSR count). The van der Waals surface area contributed by atoms with Crippen LogP contribution >= 0.6 is 11.3 Å². The number of benzene rings is 2. The van der Waals surface area contributed by atoms with Crippen LogP contribution in [-0.4, -0.2) is 37.3 Å². The molecule has 1 atom stereocenters. The van der Waals surface area contributed by atoms with Crippen LogP contribution in [-0.2, 0) is 28.1 Å². The SMILES string of the molecule is COC1(c2cc(F)cc(OCc3ccc4c(c3)CCC3NN=C(c5nccs5)N43)c2)CCOCC1. The van der Waals surface area contributed by atoms with E-state index in [0.717, 1.165) is 40.5 Å². The molecule has 0 aliphatic carbocycles. The molecule has 2 aromatic carbocycles. The van der Waals surface area contributed by atoms with Gasteiger partial charge in [0.15, 0.2) is 10.8 Å². The van der Waals surface area contributed by atoms with Gasteiger partial charge in [0.2, 0.25) is 0 Å². The summed E-state index contributed by atoms with van der Waals surface area (Å²) in [7, 11) is 1.68. The number of amidine groups is 1. The largest absolute Gasteiger partial charge is 0.489 e. The zero-order chi connectivity index (χ0) is 23.8. The molecule has 1 aromatic heterocycles. The summed E-state index contributed by atoms with van der Waals surface area (Å²) in [6.07, 6.45) is 5.22. The van der Waals surface area contributed by atoms with E-state index in [4.69, 9.17) is 14.2 Å². The van der Waals surface area contributed by atoms with Gasteiger partial charge in [-0.15, -0.1) is 11.3 Å². The number of thiazole rings is 1. The number of hydrazone groups is 1. The maximum absolute atomic E-state index is 14.5. The van der Waals surface area contributed by atoms with Gasteiger partial charge in [0.1, 0.15) is 24.3 Å². The first-order valence-corrected chi connectivity index (χ1v) is 12.7. The zero-order valence-electron chi connectivity index (χ0n) is 19.5. The van der Waals surface area contributed by atoms with Crippen LogP contribution in [0.15, 0.2) is 53.1 Å². The average molecular weight is 495 g/mol. The Morgan fingerprint density at radius 3 is 2.91 bits per heavy atom. The highest BCUT2D eigenvalue weighted by molar-refractivity contribution is 7.11. The molecule has 0 amide bonds. The number of methoxy groups -OCH3 is 1. The molecule has 0 saturated carbocycles. The average Bonchev–Trinajstić information content (AvgIpc) is 3.57. The fourth-order valence-electron chi connectivity index (χ4n) is 5.20. The molecule has 7 nitrogen and oxygen atoms in total. The van der Waals surface area contributed by atoms with Gasteiger partial charge in [-0.1, -0.05) is 12.1 Å². The number of aryl methyl sites for hydroxylation is 1. The first kappa shape index (κ1) is 22.5. The highest BCUT2D eigenvalue weighted by atomic mass is 32.1. The summed E-state index contributed by atoms with van der Waals surface area (Å²) in [5, 5.41) is 7.42. The molecule has 3 aliphatic rings. The number of anilines is 1. The second kappa shape index (κ2) is 9.22. The van der Waals surface area contributed by atoms with Crippen LogP contribution in [0.3, 0.4) is 0 Å². The number of nitrogens with one attached hydrogen (secondary N) is 1. The first-order chi connectivity index (χ1) is 17.1. The molecule has 9 heteroatoms. The van der Waals surface area contributed by atoms with Gasteiger partial charge in [-0.05, 0) is 47.7 Å². The number of fused-ring (bicyclic) bond motifs is 3. The minimum atomic E-state index is -0.540. The van der Waals surface area contributed by atoms with E-state index in [9.17, 15) is 4.39 Å². The third kappa shape index (κ3) is 4.17. The molecule has 0 radical (unpaired) electrons. The number of hydrogen-bond acceptors (Lipinski definition) is 8. The summed E-state index contributed by atoms with van der Waals surface area (Å²) in [5.41, 5.74) is 6.93. The molecule has 1 fully saturated rings. The molecule has 35 heavy (non-hydrogen) atoms. The predicted molar refractivity (Wildman–Crippen MR) is 132 cm³/mol. The van der Waals surface area contributed by atoms with Gasteiger partial charge in [-0.25, -0.2) is 9.37 Å². The number of aromatic nitrogens is 1. The molecular formula is C26H27FN4O3S. The molecule has 3 aromatic rings. The van der Waals surface area contributed by atoms with E-state index >= 15 is 0 Å². The first-order valence-electron chi connectivity index (χ1n) is 11.9. The normalized spacial score (nSPS) is 20.6. The van der Waals surface area contributed by atoms with Gasteiger partial charge in [-0.3, -0.25) is 10.3 Å². The van der Waals surface area contributed by atoms with Gasteiger partial charge < -0.3 is 14.2 Å². The van der Waals surface area contributed by atoms with Crippen molar-refractivity contribution in [2.45, 2.75) is 44.1 Å². The summed E-state index contributed by atoms with van der Waals surface area (Å²) >= 11 is 1.58. The second-order valence-electron chi connectivity index (χ2n) is 9.06. The summed E-state index contributed by atoms with van der Waals surface area (Å²) in [4.78, 5) is 6.68. The van der Waals surface area contributed by atoms with Crippen molar-refractivity contribution in [3.63, 3.8) is 0 Å². The van der Waals surface area contributed by atoms with E-state index < -0.39 is 5.60 Å². The summed E-state index contributed by atoms with van der Waals surface area (Å²) in [5.74, 6) is 1.04. The number of nitrogens with zero attached hydrogens (tertiary/aromatic N) is 3. The van der Waals surface area contributed by atoms with Crippen LogP contribution < -0.4 is 15.1 Å². The second-order valence-corrected chi connectivity index (χ2v) is 9.96. The van der Waals surface area contributed by atoms with Crippen LogP contribution in [0.4, 0.5) is 10.1 Å². The maximum Gasteiger partial charge on any atom is 0.191 e. The Labute approximate surface area is 207 Å². The Bertz CT molecular complexity index is 1240. The van der Waals surface area contributed by atoms with E-state index in [2.05, 4.69) is 38.6 Å². The summed E-state index contributed by atoms with van der Waals surface area (Å²) in [6, 6.07) is 11.2. The lowest BCUT2D eigenvalue weighted by Crippen LogP contribution is -2.44. The molecule has 182 valence electrons. The Hall–Kier alpha value is -3.01. The quantitative estimate of drug-likeness (QED) is 0.542. The van der Waals surface area contributed by atoms with E-state index in [1.54, 1.807) is 30.7 Å². The fourth-order valence-corrected chi connectivity index (χ4v) is 5.82. The minimum Gasteiger partial charge on any atom is -0.489 e. The predicted octanol–water partition coefficient (Wildman–Crippen LogP) is 4.56. The lowest BCUT2D eigenvalue weighted by molar-refractivity contribution is -0.0950. The Balaban J connectivity index is 1.21. The van der Waals surface area contributed by atoms with Gasteiger partial charge >= 0.3 is 0 Å². The lowest BCUT2D eigenvalue weighted by Gasteiger charge is -2.36.